The molecule has 0 heteroatoms. The van der Waals surface area contributed by atoms with E-state index in [0.717, 1.165) is 71.0 Å². The summed E-state index contributed by atoms with van der Waals surface area (Å²) in [4.78, 5) is 0. The molecular formula is C68H72. The third-order valence-corrected chi connectivity index (χ3v) is 22.9. The Balaban J connectivity index is 0.948. The van der Waals surface area contributed by atoms with Gasteiger partial charge in [-0.1, -0.05) is 170 Å². The Kier molecular flexibility index (Phi) is 9.96. The highest BCUT2D eigenvalue weighted by Crippen LogP contribution is 2.78. The Morgan fingerprint density at radius 2 is 0.574 bits per heavy atom. The normalized spacial score (nSPS) is 41.4. The van der Waals surface area contributed by atoms with Crippen molar-refractivity contribution in [1.82, 2.24) is 0 Å². The van der Waals surface area contributed by atoms with E-state index < -0.39 is 0 Å². The molecule has 6 aromatic carbocycles. The van der Waals surface area contributed by atoms with Gasteiger partial charge in [-0.15, -0.1) is 0 Å². The predicted octanol–water partition coefficient (Wildman–Crippen LogP) is 17.1. The molecule has 9 fully saturated rings. The van der Waals surface area contributed by atoms with Crippen molar-refractivity contribution in [1.29, 1.82) is 0 Å². The van der Waals surface area contributed by atoms with Gasteiger partial charge in [0.25, 0.3) is 0 Å². The molecule has 9 aliphatic rings. The van der Waals surface area contributed by atoms with Crippen LogP contribution in [0.5, 0.6) is 0 Å². The van der Waals surface area contributed by atoms with Crippen molar-refractivity contribution < 1.29 is 0 Å². The fourth-order valence-electron chi connectivity index (χ4n) is 21.4. The summed E-state index contributed by atoms with van der Waals surface area (Å²) in [5.41, 5.74) is 12.4. The molecule has 0 aliphatic heterocycles. The van der Waals surface area contributed by atoms with Crippen LogP contribution < -0.4 is 0 Å². The standard InChI is InChI=1S/C68H72/c1-5-17-41(18-6-1)47-25-13-15-27-49(47)64-59-39-57(43-21-9-3-10-22-43)58(44-23-11-4-12-24-44)40-60(59)65(50-28-16-14-26-48(50)42-19-7-2-8-20-42)68-56-38-36-54-52-34-32-46-30-29-45-31-33-51(62(52)61(45)46)53-35-37-55(67(64)68)66(56)63(53)54/h1-28,45-46,51-68H,29-40H2. The lowest BCUT2D eigenvalue weighted by molar-refractivity contribution is -0.169. The van der Waals surface area contributed by atoms with Crippen LogP contribution in [0.3, 0.4) is 0 Å². The minimum atomic E-state index is 0.493. The molecule has 0 nitrogen and oxygen atoms in total. The quantitative estimate of drug-likeness (QED) is 0.156. The van der Waals surface area contributed by atoms with Crippen LogP contribution in [-0.2, 0) is 0 Å². The molecule has 344 valence electrons. The van der Waals surface area contributed by atoms with Gasteiger partial charge < -0.3 is 0 Å². The Morgan fingerprint density at radius 1 is 0.250 bits per heavy atom. The summed E-state index contributed by atoms with van der Waals surface area (Å²) in [6.07, 6.45) is 18.0. The van der Waals surface area contributed by atoms with Gasteiger partial charge in [0.2, 0.25) is 0 Å². The van der Waals surface area contributed by atoms with Crippen LogP contribution in [0.2, 0.25) is 0 Å². The maximum atomic E-state index is 2.67. The molecule has 0 amide bonds. The topological polar surface area (TPSA) is 0 Å². The molecule has 0 radical (unpaired) electrons. The van der Waals surface area contributed by atoms with E-state index >= 15 is 0 Å². The van der Waals surface area contributed by atoms with Crippen molar-refractivity contribution in [2.24, 2.45) is 94.7 Å². The number of fused-ring (bicyclic) bond motifs is 6. The summed E-state index contributed by atoms with van der Waals surface area (Å²) in [7, 11) is 0. The van der Waals surface area contributed by atoms with Crippen molar-refractivity contribution in [3.63, 3.8) is 0 Å². The van der Waals surface area contributed by atoms with Gasteiger partial charge in [-0.05, 0) is 240 Å². The first-order valence-electron chi connectivity index (χ1n) is 28.2. The summed E-state index contributed by atoms with van der Waals surface area (Å²) in [6.45, 7) is 0. The Bertz CT molecular complexity index is 2550. The van der Waals surface area contributed by atoms with E-state index in [2.05, 4.69) is 170 Å². The van der Waals surface area contributed by atoms with E-state index in [-0.39, 0.29) is 0 Å². The maximum absolute atomic E-state index is 2.67. The predicted molar refractivity (Wildman–Crippen MR) is 279 cm³/mol. The zero-order chi connectivity index (χ0) is 44.5. The second kappa shape index (κ2) is 16.5. The molecular weight excluding hydrogens is 817 g/mol. The van der Waals surface area contributed by atoms with E-state index in [9.17, 15) is 0 Å². The molecule has 0 aromatic heterocycles. The minimum absolute atomic E-state index is 0.493. The van der Waals surface area contributed by atoms with Crippen LogP contribution in [0.4, 0.5) is 0 Å². The van der Waals surface area contributed by atoms with Crippen molar-refractivity contribution in [2.75, 3.05) is 0 Å². The molecule has 68 heavy (non-hydrogen) atoms. The van der Waals surface area contributed by atoms with Crippen molar-refractivity contribution in [3.05, 3.63) is 192 Å². The number of hydrogen-bond donors (Lipinski definition) is 0. The van der Waals surface area contributed by atoms with Crippen LogP contribution in [0.25, 0.3) is 22.3 Å². The smallest absolute Gasteiger partial charge is 0.00900 e. The third-order valence-electron chi connectivity index (χ3n) is 22.9. The molecule has 0 N–H and O–H groups in total. The highest BCUT2D eigenvalue weighted by Gasteiger charge is 2.70. The molecule has 0 saturated heterocycles. The highest BCUT2D eigenvalue weighted by molar-refractivity contribution is 5.70. The molecule has 9 aliphatic carbocycles. The van der Waals surface area contributed by atoms with Gasteiger partial charge in [-0.3, -0.25) is 0 Å². The van der Waals surface area contributed by atoms with Crippen molar-refractivity contribution in [2.45, 2.75) is 101 Å². The molecule has 0 heterocycles. The second-order valence-corrected chi connectivity index (χ2v) is 24.6. The Morgan fingerprint density at radius 3 is 1.01 bits per heavy atom. The molecule has 15 rings (SSSR count). The van der Waals surface area contributed by atoms with Gasteiger partial charge in [0.15, 0.2) is 0 Å². The second-order valence-electron chi connectivity index (χ2n) is 24.6. The van der Waals surface area contributed by atoms with Gasteiger partial charge >= 0.3 is 0 Å². The first-order chi connectivity index (χ1) is 33.8. The summed E-state index contributed by atoms with van der Waals surface area (Å²) >= 11 is 0. The van der Waals surface area contributed by atoms with Gasteiger partial charge in [0.1, 0.15) is 0 Å². The first-order valence-corrected chi connectivity index (χ1v) is 28.2. The number of rotatable bonds is 6. The molecule has 0 spiro atoms. The van der Waals surface area contributed by atoms with Crippen LogP contribution >= 0.6 is 0 Å². The van der Waals surface area contributed by atoms with Crippen molar-refractivity contribution in [3.8, 4) is 22.3 Å². The molecule has 9 saturated carbocycles. The molecule has 16 unspecified atom stereocenters. The molecule has 0 bridgehead atoms. The Labute approximate surface area is 407 Å². The number of benzene rings is 6. The lowest BCUT2D eigenvalue weighted by Gasteiger charge is -2.65. The largest absolute Gasteiger partial charge is 0.0622 e. The van der Waals surface area contributed by atoms with Gasteiger partial charge in [0.05, 0.1) is 0 Å². The van der Waals surface area contributed by atoms with Crippen LogP contribution in [0.15, 0.2) is 170 Å². The van der Waals surface area contributed by atoms with E-state index in [4.69, 9.17) is 0 Å². The molecule has 6 aromatic rings. The van der Waals surface area contributed by atoms with E-state index in [1.165, 1.54) is 60.8 Å². The lowest BCUT2D eigenvalue weighted by Crippen LogP contribution is -2.59. The summed E-state index contributed by atoms with van der Waals surface area (Å²) in [5.74, 6) is 16.5. The molecule has 16 atom stereocenters. The summed E-state index contributed by atoms with van der Waals surface area (Å²) in [5, 5.41) is 0. The fraction of sp³-hybridized carbons (Fsp3) is 0.471. The SMILES string of the molecule is c1ccc(-c2ccccc2C2C3CC(c4ccccc4)C(c4ccccc4)CC3C(c3ccccc3-c3ccccc3)C3C4CCC5C6CCC7CCC8CCC(C9CCC(C4C95)C23)C6C87)cc1. The number of hydrogen-bond acceptors (Lipinski definition) is 0. The monoisotopic (exact) mass is 889 g/mol. The highest BCUT2D eigenvalue weighted by atomic mass is 14.7. The average Bonchev–Trinajstić information content (AvgIpc) is 4.00. The van der Waals surface area contributed by atoms with E-state index in [1.54, 1.807) is 60.8 Å². The van der Waals surface area contributed by atoms with E-state index in [1.807, 2.05) is 0 Å². The van der Waals surface area contributed by atoms with E-state index in [0.29, 0.717) is 47.3 Å². The summed E-state index contributed by atoms with van der Waals surface area (Å²) < 4.78 is 0. The minimum Gasteiger partial charge on any atom is -0.0622 e. The Hall–Kier alpha value is -4.68. The van der Waals surface area contributed by atoms with Crippen molar-refractivity contribution >= 4 is 0 Å². The van der Waals surface area contributed by atoms with Gasteiger partial charge in [-0.2, -0.15) is 0 Å². The van der Waals surface area contributed by atoms with Crippen LogP contribution in [0.1, 0.15) is 123 Å². The van der Waals surface area contributed by atoms with Crippen LogP contribution in [0, 0.1) is 94.7 Å². The zero-order valence-corrected chi connectivity index (χ0v) is 40.2. The fourth-order valence-corrected chi connectivity index (χ4v) is 21.4. The summed E-state index contributed by atoms with van der Waals surface area (Å²) in [6, 6.07) is 67.1. The zero-order valence-electron chi connectivity index (χ0n) is 40.2. The van der Waals surface area contributed by atoms with Crippen LogP contribution in [-0.4, -0.2) is 0 Å². The van der Waals surface area contributed by atoms with Gasteiger partial charge in [-0.25, -0.2) is 0 Å². The third kappa shape index (κ3) is 6.16. The maximum Gasteiger partial charge on any atom is -0.00900 e. The average molecular weight is 889 g/mol. The van der Waals surface area contributed by atoms with Gasteiger partial charge in [0, 0.05) is 0 Å². The lowest BCUT2D eigenvalue weighted by atomic mass is 9.40. The first kappa shape index (κ1) is 41.1.